The highest BCUT2D eigenvalue weighted by atomic mass is 19.2. The zero-order valence-corrected chi connectivity index (χ0v) is 12.3. The molecule has 0 radical (unpaired) electrons. The molecule has 1 N–H and O–H groups in total. The Balaban J connectivity index is 2.10. The highest BCUT2D eigenvalue weighted by molar-refractivity contribution is 5.95. The number of hydrogen-bond acceptors (Lipinski definition) is 4. The Labute approximate surface area is 134 Å². The number of hydrogen-bond donors (Lipinski definition) is 1. The summed E-state index contributed by atoms with van der Waals surface area (Å²) < 4.78 is 44.7. The van der Waals surface area contributed by atoms with Crippen LogP contribution in [0.5, 0.6) is 0 Å². The van der Waals surface area contributed by atoms with Crippen LogP contribution < -0.4 is 5.43 Å². The van der Waals surface area contributed by atoms with Gasteiger partial charge >= 0.3 is 5.97 Å². The summed E-state index contributed by atoms with van der Waals surface area (Å²) in [5.74, 6) is -4.94. The van der Waals surface area contributed by atoms with Crippen LogP contribution in [-0.2, 0) is 4.74 Å². The fourth-order valence-corrected chi connectivity index (χ4v) is 1.78. The quantitative estimate of drug-likeness (QED) is 0.530. The summed E-state index contributed by atoms with van der Waals surface area (Å²) in [5, 5.41) is 3.47. The van der Waals surface area contributed by atoms with Crippen molar-refractivity contribution < 1.29 is 27.5 Å². The van der Waals surface area contributed by atoms with Gasteiger partial charge in [0.1, 0.15) is 5.82 Å². The van der Waals surface area contributed by atoms with Crippen molar-refractivity contribution in [1.82, 2.24) is 5.43 Å². The zero-order valence-electron chi connectivity index (χ0n) is 12.3. The molecule has 2 rings (SSSR count). The number of benzene rings is 2. The van der Waals surface area contributed by atoms with Gasteiger partial charge in [-0.3, -0.25) is 4.79 Å². The molecule has 5 nitrogen and oxygen atoms in total. The summed E-state index contributed by atoms with van der Waals surface area (Å²) in [5.41, 5.74) is 1.41. The van der Waals surface area contributed by atoms with Gasteiger partial charge in [0.15, 0.2) is 11.6 Å². The molecule has 2 aromatic carbocycles. The van der Waals surface area contributed by atoms with E-state index < -0.39 is 34.9 Å². The number of nitrogens with zero attached hydrogens (tertiary/aromatic N) is 1. The first-order valence-electron chi connectivity index (χ1n) is 6.59. The lowest BCUT2D eigenvalue weighted by Crippen LogP contribution is -2.19. The van der Waals surface area contributed by atoms with Crippen molar-refractivity contribution >= 4 is 18.1 Å². The summed E-state index contributed by atoms with van der Waals surface area (Å²) in [7, 11) is 1.16. The minimum Gasteiger partial charge on any atom is -0.465 e. The second-order valence-electron chi connectivity index (χ2n) is 4.53. The molecule has 0 aliphatic rings. The van der Waals surface area contributed by atoms with Crippen LogP contribution in [0.25, 0.3) is 0 Å². The average molecular weight is 336 g/mol. The van der Waals surface area contributed by atoms with Crippen LogP contribution in [0.4, 0.5) is 13.2 Å². The fraction of sp³-hybridized carbons (Fsp3) is 0.0625. The molecule has 0 aliphatic heterocycles. The van der Waals surface area contributed by atoms with Crippen LogP contribution in [0, 0.1) is 17.5 Å². The Morgan fingerprint density at radius 1 is 1.12 bits per heavy atom. The van der Waals surface area contributed by atoms with Gasteiger partial charge in [0.05, 0.1) is 24.5 Å². The molecule has 0 saturated heterocycles. The van der Waals surface area contributed by atoms with E-state index in [4.69, 9.17) is 0 Å². The Morgan fingerprint density at radius 3 is 2.54 bits per heavy atom. The smallest absolute Gasteiger partial charge is 0.337 e. The normalized spacial score (nSPS) is 10.7. The molecule has 2 aromatic rings. The van der Waals surface area contributed by atoms with Crippen LogP contribution in [-0.4, -0.2) is 25.2 Å². The van der Waals surface area contributed by atoms with E-state index in [1.807, 2.05) is 5.43 Å². The van der Waals surface area contributed by atoms with Gasteiger partial charge in [-0.1, -0.05) is 6.07 Å². The summed E-state index contributed by atoms with van der Waals surface area (Å²) in [4.78, 5) is 22.9. The lowest BCUT2D eigenvalue weighted by atomic mass is 10.1. The molecular weight excluding hydrogens is 325 g/mol. The van der Waals surface area contributed by atoms with Crippen molar-refractivity contribution in [1.29, 1.82) is 0 Å². The number of halogens is 3. The predicted molar refractivity (Wildman–Crippen MR) is 79.2 cm³/mol. The van der Waals surface area contributed by atoms with Crippen molar-refractivity contribution in [2.75, 3.05) is 7.11 Å². The number of nitrogens with one attached hydrogen (secondary N) is 1. The van der Waals surface area contributed by atoms with Crippen LogP contribution in [0.1, 0.15) is 26.3 Å². The molecule has 0 unspecified atom stereocenters. The predicted octanol–water partition coefficient (Wildman–Crippen LogP) is 2.65. The minimum atomic E-state index is -1.31. The van der Waals surface area contributed by atoms with Gasteiger partial charge in [-0.2, -0.15) is 5.10 Å². The van der Waals surface area contributed by atoms with Gasteiger partial charge < -0.3 is 4.74 Å². The third kappa shape index (κ3) is 3.78. The number of ether oxygens (including phenoxy) is 1. The van der Waals surface area contributed by atoms with Gasteiger partial charge in [0.25, 0.3) is 5.91 Å². The van der Waals surface area contributed by atoms with Gasteiger partial charge in [0, 0.05) is 5.56 Å². The maximum atomic E-state index is 13.8. The molecule has 0 spiro atoms. The second-order valence-corrected chi connectivity index (χ2v) is 4.53. The molecule has 0 atom stereocenters. The van der Waals surface area contributed by atoms with Gasteiger partial charge in [-0.05, 0) is 30.3 Å². The number of rotatable bonds is 4. The fourth-order valence-electron chi connectivity index (χ4n) is 1.78. The van der Waals surface area contributed by atoms with Crippen LogP contribution >= 0.6 is 0 Å². The second kappa shape index (κ2) is 7.40. The topological polar surface area (TPSA) is 67.8 Å². The number of hydrazone groups is 1. The lowest BCUT2D eigenvalue weighted by molar-refractivity contribution is 0.0600. The van der Waals surface area contributed by atoms with Crippen molar-refractivity contribution in [3.8, 4) is 0 Å². The Hall–Kier alpha value is -3.16. The monoisotopic (exact) mass is 336 g/mol. The molecule has 8 heteroatoms. The third-order valence-electron chi connectivity index (χ3n) is 2.99. The first-order chi connectivity index (χ1) is 11.4. The van der Waals surface area contributed by atoms with E-state index in [0.717, 1.165) is 31.5 Å². The van der Waals surface area contributed by atoms with Crippen LogP contribution in [0.3, 0.4) is 0 Å². The number of amides is 1. The molecule has 0 heterocycles. The van der Waals surface area contributed by atoms with Crippen molar-refractivity contribution in [3.63, 3.8) is 0 Å². The average Bonchev–Trinajstić information content (AvgIpc) is 2.57. The Bertz CT molecular complexity index is 822. The number of esters is 1. The first kappa shape index (κ1) is 17.2. The minimum absolute atomic E-state index is 0.0121. The summed E-state index contributed by atoms with van der Waals surface area (Å²) in [6, 6.07) is 6.62. The molecule has 0 fully saturated rings. The van der Waals surface area contributed by atoms with Gasteiger partial charge in [-0.25, -0.2) is 23.4 Å². The van der Waals surface area contributed by atoms with Crippen LogP contribution in [0.2, 0.25) is 0 Å². The molecule has 0 aliphatic carbocycles. The van der Waals surface area contributed by atoms with E-state index >= 15 is 0 Å². The molecule has 0 bridgehead atoms. The third-order valence-corrected chi connectivity index (χ3v) is 2.99. The number of carbonyl (C=O) groups is 2. The standard InChI is InChI=1S/C16H11F3N2O3/c1-24-16(23)9-5-6-10(13(18)7-9)8-20-21-15(22)11-3-2-4-12(17)14(11)19/h2-8H,1H3,(H,21,22)/b20-8+. The van der Waals surface area contributed by atoms with E-state index in [2.05, 4.69) is 9.84 Å². The highest BCUT2D eigenvalue weighted by Gasteiger charge is 2.14. The van der Waals surface area contributed by atoms with Gasteiger partial charge in [-0.15, -0.1) is 0 Å². The van der Waals surface area contributed by atoms with E-state index in [1.165, 1.54) is 18.2 Å². The highest BCUT2D eigenvalue weighted by Crippen LogP contribution is 2.12. The maximum absolute atomic E-state index is 13.8. The van der Waals surface area contributed by atoms with Crippen molar-refractivity contribution in [2.45, 2.75) is 0 Å². The van der Waals surface area contributed by atoms with Gasteiger partial charge in [0.2, 0.25) is 0 Å². The zero-order chi connectivity index (χ0) is 17.7. The summed E-state index contributed by atoms with van der Waals surface area (Å²) >= 11 is 0. The first-order valence-corrected chi connectivity index (χ1v) is 6.59. The molecule has 24 heavy (non-hydrogen) atoms. The van der Waals surface area contributed by atoms with E-state index in [-0.39, 0.29) is 11.1 Å². The lowest BCUT2D eigenvalue weighted by Gasteiger charge is -2.03. The van der Waals surface area contributed by atoms with Crippen molar-refractivity contribution in [2.24, 2.45) is 5.10 Å². The number of carbonyl (C=O) groups excluding carboxylic acids is 2. The molecule has 0 saturated carbocycles. The molecular formula is C16H11F3N2O3. The number of methoxy groups -OCH3 is 1. The Morgan fingerprint density at radius 2 is 1.88 bits per heavy atom. The molecule has 124 valence electrons. The van der Waals surface area contributed by atoms with E-state index in [0.29, 0.717) is 0 Å². The SMILES string of the molecule is COC(=O)c1ccc(/C=N/NC(=O)c2cccc(F)c2F)c(F)c1. The molecule has 0 aromatic heterocycles. The summed E-state index contributed by atoms with van der Waals surface area (Å²) in [6.45, 7) is 0. The van der Waals surface area contributed by atoms with Crippen molar-refractivity contribution in [3.05, 3.63) is 70.5 Å². The van der Waals surface area contributed by atoms with Crippen LogP contribution in [0.15, 0.2) is 41.5 Å². The Kier molecular flexibility index (Phi) is 5.31. The maximum Gasteiger partial charge on any atom is 0.337 e. The van der Waals surface area contributed by atoms with E-state index in [1.54, 1.807) is 0 Å². The largest absolute Gasteiger partial charge is 0.465 e. The van der Waals surface area contributed by atoms with E-state index in [9.17, 15) is 22.8 Å². The summed E-state index contributed by atoms with van der Waals surface area (Å²) in [6.07, 6.45) is 0.964. The molecule has 1 amide bonds.